The first-order valence-electron chi connectivity index (χ1n) is 6.15. The Labute approximate surface area is 134 Å². The summed E-state index contributed by atoms with van der Waals surface area (Å²) in [7, 11) is 0. The molecule has 0 bridgehead atoms. The van der Waals surface area contributed by atoms with Gasteiger partial charge >= 0.3 is 5.97 Å². The summed E-state index contributed by atoms with van der Waals surface area (Å²) < 4.78 is 0.926. The third kappa shape index (κ3) is 3.68. The Kier molecular flexibility index (Phi) is 4.74. The van der Waals surface area contributed by atoms with Crippen LogP contribution in [-0.4, -0.2) is 22.0 Å². The van der Waals surface area contributed by atoms with Gasteiger partial charge in [0.25, 0.3) is 0 Å². The monoisotopic (exact) mass is 368 g/mol. The molecule has 2 rings (SSSR count). The van der Waals surface area contributed by atoms with Gasteiger partial charge in [0.1, 0.15) is 9.88 Å². The van der Waals surface area contributed by atoms with Crippen LogP contribution in [0.2, 0.25) is 0 Å². The molecule has 1 aromatic heterocycles. The van der Waals surface area contributed by atoms with Gasteiger partial charge in [-0.25, -0.2) is 9.78 Å². The van der Waals surface area contributed by atoms with E-state index in [-0.39, 0.29) is 10.8 Å². The van der Waals surface area contributed by atoms with E-state index in [4.69, 9.17) is 5.11 Å². The van der Waals surface area contributed by atoms with Gasteiger partial charge in [-0.05, 0) is 38.1 Å². The van der Waals surface area contributed by atoms with Crippen LogP contribution in [0, 0.1) is 6.92 Å². The summed E-state index contributed by atoms with van der Waals surface area (Å²) in [6.07, 6.45) is 0. The van der Waals surface area contributed by atoms with Crippen molar-refractivity contribution >= 4 is 44.8 Å². The number of hydrogen-bond donors (Lipinski definition) is 2. The van der Waals surface area contributed by atoms with E-state index in [1.165, 1.54) is 0 Å². The third-order valence-corrected chi connectivity index (χ3v) is 4.74. The van der Waals surface area contributed by atoms with E-state index in [1.807, 2.05) is 12.1 Å². The lowest BCUT2D eigenvalue weighted by Crippen LogP contribution is -2.18. The maximum absolute atomic E-state index is 12.2. The van der Waals surface area contributed by atoms with Gasteiger partial charge in [-0.2, -0.15) is 0 Å². The Hall–Kier alpha value is -1.73. The number of anilines is 1. The van der Waals surface area contributed by atoms with Crippen LogP contribution in [0.3, 0.4) is 0 Å². The summed E-state index contributed by atoms with van der Waals surface area (Å²) in [5.74, 6) is -1.75. The molecule has 110 valence electrons. The number of halogens is 1. The van der Waals surface area contributed by atoms with Gasteiger partial charge in [0.05, 0.1) is 11.6 Å². The number of thiazole rings is 1. The standard InChI is InChI=1S/C14H13BrN2O3S/c1-7(13-16-8(2)11(21-13)14(19)20)12(18)17-10-5-3-9(15)4-6-10/h3-7H,1-2H3,(H,17,18)(H,19,20)/t7-/m1/s1. The SMILES string of the molecule is Cc1nc([C@H](C)C(=O)Nc2ccc(Br)cc2)sc1C(=O)O. The lowest BCUT2D eigenvalue weighted by Gasteiger charge is -2.09. The molecule has 0 saturated heterocycles. The van der Waals surface area contributed by atoms with Gasteiger partial charge in [0, 0.05) is 10.2 Å². The Morgan fingerprint density at radius 1 is 1.33 bits per heavy atom. The molecular weight excluding hydrogens is 356 g/mol. The number of nitrogens with one attached hydrogen (secondary N) is 1. The van der Waals surface area contributed by atoms with E-state index in [1.54, 1.807) is 26.0 Å². The molecule has 21 heavy (non-hydrogen) atoms. The number of carbonyl (C=O) groups is 2. The van der Waals surface area contributed by atoms with Crippen molar-refractivity contribution in [3.63, 3.8) is 0 Å². The smallest absolute Gasteiger partial charge is 0.347 e. The molecule has 0 aliphatic rings. The van der Waals surface area contributed by atoms with Gasteiger partial charge in [-0.1, -0.05) is 15.9 Å². The van der Waals surface area contributed by atoms with Crippen molar-refractivity contribution in [1.29, 1.82) is 0 Å². The van der Waals surface area contributed by atoms with Gasteiger partial charge in [0.2, 0.25) is 5.91 Å². The molecule has 7 heteroatoms. The molecule has 0 unspecified atom stereocenters. The highest BCUT2D eigenvalue weighted by Crippen LogP contribution is 2.26. The zero-order valence-electron chi connectivity index (χ0n) is 11.4. The lowest BCUT2D eigenvalue weighted by atomic mass is 10.1. The van der Waals surface area contributed by atoms with Crippen LogP contribution >= 0.6 is 27.3 Å². The van der Waals surface area contributed by atoms with Gasteiger partial charge in [-0.15, -0.1) is 11.3 Å². The highest BCUT2D eigenvalue weighted by atomic mass is 79.9. The molecule has 0 aliphatic heterocycles. The van der Waals surface area contributed by atoms with E-state index in [2.05, 4.69) is 26.2 Å². The lowest BCUT2D eigenvalue weighted by molar-refractivity contribution is -0.117. The first-order chi connectivity index (χ1) is 9.88. The molecule has 2 N–H and O–H groups in total. The van der Waals surface area contributed by atoms with Crippen LogP contribution < -0.4 is 5.32 Å². The fraction of sp³-hybridized carbons (Fsp3) is 0.214. The van der Waals surface area contributed by atoms with Crippen molar-refractivity contribution < 1.29 is 14.7 Å². The molecule has 5 nitrogen and oxygen atoms in total. The maximum atomic E-state index is 12.2. The van der Waals surface area contributed by atoms with Crippen LogP contribution in [0.4, 0.5) is 5.69 Å². The Bertz CT molecular complexity index is 682. The number of hydrogen-bond acceptors (Lipinski definition) is 4. The molecule has 1 heterocycles. The second-order valence-corrected chi connectivity index (χ2v) is 6.44. The Morgan fingerprint density at radius 2 is 1.95 bits per heavy atom. The van der Waals surface area contributed by atoms with E-state index in [0.717, 1.165) is 15.8 Å². The number of amides is 1. The molecule has 2 aromatic rings. The second kappa shape index (κ2) is 6.36. The summed E-state index contributed by atoms with van der Waals surface area (Å²) >= 11 is 4.36. The molecule has 0 radical (unpaired) electrons. The summed E-state index contributed by atoms with van der Waals surface area (Å²) in [5, 5.41) is 12.3. The number of carbonyl (C=O) groups excluding carboxylic acids is 1. The highest BCUT2D eigenvalue weighted by molar-refractivity contribution is 9.10. The molecule has 0 fully saturated rings. The fourth-order valence-corrected chi connectivity index (χ4v) is 2.92. The summed E-state index contributed by atoms with van der Waals surface area (Å²) in [6.45, 7) is 3.33. The van der Waals surface area contributed by atoms with Crippen molar-refractivity contribution in [2.24, 2.45) is 0 Å². The van der Waals surface area contributed by atoms with Crippen molar-refractivity contribution in [2.75, 3.05) is 5.32 Å². The zero-order chi connectivity index (χ0) is 15.6. The topological polar surface area (TPSA) is 79.3 Å². The number of aryl methyl sites for hydroxylation is 1. The number of carboxylic acids is 1. The van der Waals surface area contributed by atoms with E-state index in [9.17, 15) is 9.59 Å². The minimum absolute atomic E-state index is 0.174. The van der Waals surface area contributed by atoms with Crippen LogP contribution in [-0.2, 0) is 4.79 Å². The number of aromatic carboxylic acids is 1. The Balaban J connectivity index is 2.13. The highest BCUT2D eigenvalue weighted by Gasteiger charge is 2.22. The average Bonchev–Trinajstić information content (AvgIpc) is 2.82. The molecule has 0 aliphatic carbocycles. The second-order valence-electron chi connectivity index (χ2n) is 4.49. The zero-order valence-corrected chi connectivity index (χ0v) is 13.8. The van der Waals surface area contributed by atoms with Gasteiger partial charge < -0.3 is 10.4 Å². The molecule has 1 atom stereocenters. The number of carboxylic acid groups (broad SMARTS) is 1. The maximum Gasteiger partial charge on any atom is 0.347 e. The first kappa shape index (κ1) is 15.7. The normalized spacial score (nSPS) is 12.0. The average molecular weight is 369 g/mol. The van der Waals surface area contributed by atoms with Crippen molar-refractivity contribution in [3.05, 3.63) is 44.3 Å². The van der Waals surface area contributed by atoms with Crippen LogP contribution in [0.15, 0.2) is 28.7 Å². The molecule has 0 saturated carbocycles. The van der Waals surface area contributed by atoms with Crippen molar-refractivity contribution in [1.82, 2.24) is 4.98 Å². The third-order valence-electron chi connectivity index (χ3n) is 2.88. The van der Waals surface area contributed by atoms with Crippen LogP contribution in [0.5, 0.6) is 0 Å². The van der Waals surface area contributed by atoms with E-state index in [0.29, 0.717) is 16.4 Å². The quantitative estimate of drug-likeness (QED) is 0.862. The number of benzene rings is 1. The minimum atomic E-state index is -1.02. The van der Waals surface area contributed by atoms with Gasteiger partial charge in [-0.3, -0.25) is 4.79 Å². The summed E-state index contributed by atoms with van der Waals surface area (Å²) in [6, 6.07) is 7.22. The molecular formula is C14H13BrN2O3S. The van der Waals surface area contributed by atoms with Crippen LogP contribution in [0.1, 0.15) is 33.2 Å². The molecule has 1 amide bonds. The summed E-state index contributed by atoms with van der Waals surface area (Å²) in [4.78, 5) is 27.6. The van der Waals surface area contributed by atoms with Gasteiger partial charge in [0.15, 0.2) is 0 Å². The van der Waals surface area contributed by atoms with Crippen molar-refractivity contribution in [3.8, 4) is 0 Å². The number of rotatable bonds is 4. The van der Waals surface area contributed by atoms with Crippen molar-refractivity contribution in [2.45, 2.75) is 19.8 Å². The fourth-order valence-electron chi connectivity index (χ4n) is 1.70. The Morgan fingerprint density at radius 3 is 2.48 bits per heavy atom. The minimum Gasteiger partial charge on any atom is -0.477 e. The molecule has 0 spiro atoms. The largest absolute Gasteiger partial charge is 0.477 e. The predicted molar refractivity (Wildman–Crippen MR) is 85.0 cm³/mol. The molecule has 1 aromatic carbocycles. The first-order valence-corrected chi connectivity index (χ1v) is 7.76. The number of aromatic nitrogens is 1. The number of nitrogens with zero attached hydrogens (tertiary/aromatic N) is 1. The van der Waals surface area contributed by atoms with E-state index >= 15 is 0 Å². The van der Waals surface area contributed by atoms with E-state index < -0.39 is 11.9 Å². The predicted octanol–water partition coefficient (Wildman–Crippen LogP) is 3.65. The van der Waals surface area contributed by atoms with Crippen LogP contribution in [0.25, 0.3) is 0 Å². The summed E-state index contributed by atoms with van der Waals surface area (Å²) in [5.41, 5.74) is 1.12.